The zero-order valence-electron chi connectivity index (χ0n) is 10.9. The van der Waals surface area contributed by atoms with Crippen LogP contribution in [0.3, 0.4) is 0 Å². The number of hydrogen-bond acceptors (Lipinski definition) is 3. The molecule has 1 aromatic carbocycles. The number of fused-ring (bicyclic) bond motifs is 2. The van der Waals surface area contributed by atoms with Crippen LogP contribution in [0.5, 0.6) is 0 Å². The minimum Gasteiger partial charge on any atom is -0.373 e. The zero-order valence-corrected chi connectivity index (χ0v) is 10.9. The van der Waals surface area contributed by atoms with E-state index in [0.717, 1.165) is 38.9 Å². The molecule has 0 bridgehead atoms. The summed E-state index contributed by atoms with van der Waals surface area (Å²) in [5.41, 5.74) is 4.22. The molecule has 4 aromatic rings. The zero-order chi connectivity index (χ0) is 13.5. The summed E-state index contributed by atoms with van der Waals surface area (Å²) in [6, 6.07) is 10.4. The Morgan fingerprint density at radius 3 is 3.00 bits per heavy atom. The second-order valence-electron chi connectivity index (χ2n) is 4.72. The Bertz CT molecular complexity index is 903. The lowest BCUT2D eigenvalue weighted by Gasteiger charge is -2.07. The largest absolute Gasteiger partial charge is 0.373 e. The van der Waals surface area contributed by atoms with E-state index in [0.29, 0.717) is 0 Å². The van der Waals surface area contributed by atoms with Gasteiger partial charge >= 0.3 is 0 Å². The van der Waals surface area contributed by atoms with Crippen molar-refractivity contribution in [1.82, 2.24) is 20.2 Å². The van der Waals surface area contributed by atoms with Crippen LogP contribution in [0.2, 0.25) is 0 Å². The summed E-state index contributed by atoms with van der Waals surface area (Å²) in [6.07, 6.45) is 3.74. The third-order valence-electron chi connectivity index (χ3n) is 3.54. The Hall–Kier alpha value is -2.82. The number of nitrogens with zero attached hydrogens (tertiary/aromatic N) is 2. The molecular formula is C15H13N5. The maximum absolute atomic E-state index is 4.51. The van der Waals surface area contributed by atoms with Crippen molar-refractivity contribution in [2.24, 2.45) is 0 Å². The van der Waals surface area contributed by atoms with Crippen LogP contribution in [0, 0.1) is 0 Å². The number of hydrogen-bond donors (Lipinski definition) is 3. The molecule has 0 saturated heterocycles. The van der Waals surface area contributed by atoms with Gasteiger partial charge in [-0.2, -0.15) is 5.10 Å². The molecule has 5 heteroatoms. The lowest BCUT2D eigenvalue weighted by molar-refractivity contribution is 1.12. The SMILES string of the molecule is CNc1cc(-c2ccc3cn[nH]c3c2)c2cc[nH]c2n1. The number of benzene rings is 1. The minimum absolute atomic E-state index is 0.847. The molecular weight excluding hydrogens is 250 g/mol. The number of aromatic amines is 2. The Kier molecular flexibility index (Phi) is 2.26. The fourth-order valence-electron chi connectivity index (χ4n) is 2.51. The Balaban J connectivity index is 2.01. The highest BCUT2D eigenvalue weighted by Gasteiger charge is 2.09. The van der Waals surface area contributed by atoms with Gasteiger partial charge in [-0.15, -0.1) is 0 Å². The van der Waals surface area contributed by atoms with Crippen LogP contribution >= 0.6 is 0 Å². The molecule has 0 atom stereocenters. The van der Waals surface area contributed by atoms with E-state index in [1.165, 1.54) is 0 Å². The second kappa shape index (κ2) is 4.09. The summed E-state index contributed by atoms with van der Waals surface area (Å²) >= 11 is 0. The number of nitrogens with one attached hydrogen (secondary N) is 3. The molecule has 3 aromatic heterocycles. The van der Waals surface area contributed by atoms with E-state index in [4.69, 9.17) is 0 Å². The third-order valence-corrected chi connectivity index (χ3v) is 3.54. The lowest BCUT2D eigenvalue weighted by Crippen LogP contribution is -1.93. The van der Waals surface area contributed by atoms with Crippen molar-refractivity contribution in [3.8, 4) is 11.1 Å². The first-order valence-corrected chi connectivity index (χ1v) is 6.44. The first-order valence-electron chi connectivity index (χ1n) is 6.44. The lowest BCUT2D eigenvalue weighted by atomic mass is 10.0. The molecule has 20 heavy (non-hydrogen) atoms. The molecule has 98 valence electrons. The predicted octanol–water partition coefficient (Wildman–Crippen LogP) is 3.15. The number of aromatic nitrogens is 4. The van der Waals surface area contributed by atoms with Crippen molar-refractivity contribution in [1.29, 1.82) is 0 Å². The molecule has 0 fully saturated rings. The second-order valence-corrected chi connectivity index (χ2v) is 4.72. The van der Waals surface area contributed by atoms with Gasteiger partial charge in [0.1, 0.15) is 11.5 Å². The maximum atomic E-state index is 4.51. The summed E-state index contributed by atoms with van der Waals surface area (Å²) in [4.78, 5) is 7.67. The van der Waals surface area contributed by atoms with Crippen molar-refractivity contribution in [2.45, 2.75) is 0 Å². The first-order chi connectivity index (χ1) is 9.85. The van der Waals surface area contributed by atoms with Gasteiger partial charge in [-0.25, -0.2) is 4.98 Å². The van der Waals surface area contributed by atoms with Crippen LogP contribution in [0.25, 0.3) is 33.1 Å². The van der Waals surface area contributed by atoms with Crippen LogP contribution in [0.4, 0.5) is 5.82 Å². The molecule has 3 N–H and O–H groups in total. The van der Waals surface area contributed by atoms with Crippen LogP contribution in [-0.4, -0.2) is 27.2 Å². The highest BCUT2D eigenvalue weighted by atomic mass is 15.1. The molecule has 0 aliphatic carbocycles. The van der Waals surface area contributed by atoms with Gasteiger partial charge < -0.3 is 10.3 Å². The van der Waals surface area contributed by atoms with Crippen molar-refractivity contribution in [2.75, 3.05) is 12.4 Å². The smallest absolute Gasteiger partial charge is 0.140 e. The summed E-state index contributed by atoms with van der Waals surface area (Å²) < 4.78 is 0. The van der Waals surface area contributed by atoms with E-state index in [9.17, 15) is 0 Å². The molecule has 5 nitrogen and oxygen atoms in total. The predicted molar refractivity (Wildman–Crippen MR) is 80.7 cm³/mol. The van der Waals surface area contributed by atoms with Crippen molar-refractivity contribution < 1.29 is 0 Å². The quantitative estimate of drug-likeness (QED) is 0.520. The van der Waals surface area contributed by atoms with E-state index in [-0.39, 0.29) is 0 Å². The summed E-state index contributed by atoms with van der Waals surface area (Å²) in [5, 5.41) is 12.4. The topological polar surface area (TPSA) is 69.4 Å². The summed E-state index contributed by atoms with van der Waals surface area (Å²) in [5.74, 6) is 0.847. The number of anilines is 1. The average Bonchev–Trinajstić information content (AvgIpc) is 3.13. The van der Waals surface area contributed by atoms with Gasteiger partial charge in [0.15, 0.2) is 0 Å². The summed E-state index contributed by atoms with van der Waals surface area (Å²) in [6.45, 7) is 0. The van der Waals surface area contributed by atoms with Gasteiger partial charge in [0, 0.05) is 24.0 Å². The number of rotatable bonds is 2. The molecule has 4 rings (SSSR count). The van der Waals surface area contributed by atoms with Gasteiger partial charge in [-0.3, -0.25) is 5.10 Å². The average molecular weight is 263 g/mol. The van der Waals surface area contributed by atoms with Crippen molar-refractivity contribution in [3.05, 3.63) is 42.7 Å². The van der Waals surface area contributed by atoms with Crippen LogP contribution in [0.15, 0.2) is 42.7 Å². The first kappa shape index (κ1) is 11.0. The highest BCUT2D eigenvalue weighted by molar-refractivity contribution is 5.97. The molecule has 0 unspecified atom stereocenters. The Morgan fingerprint density at radius 1 is 1.15 bits per heavy atom. The summed E-state index contributed by atoms with van der Waals surface area (Å²) in [7, 11) is 1.87. The van der Waals surface area contributed by atoms with Crippen LogP contribution in [-0.2, 0) is 0 Å². The third kappa shape index (κ3) is 1.56. The fourth-order valence-corrected chi connectivity index (χ4v) is 2.51. The van der Waals surface area contributed by atoms with Gasteiger partial charge in [0.25, 0.3) is 0 Å². The monoisotopic (exact) mass is 263 g/mol. The minimum atomic E-state index is 0.847. The Labute approximate surface area is 115 Å². The van der Waals surface area contributed by atoms with E-state index >= 15 is 0 Å². The van der Waals surface area contributed by atoms with Gasteiger partial charge in [0.2, 0.25) is 0 Å². The van der Waals surface area contributed by atoms with Crippen LogP contribution in [0.1, 0.15) is 0 Å². The Morgan fingerprint density at radius 2 is 2.10 bits per heavy atom. The highest BCUT2D eigenvalue weighted by Crippen LogP contribution is 2.31. The van der Waals surface area contributed by atoms with E-state index < -0.39 is 0 Å². The van der Waals surface area contributed by atoms with Gasteiger partial charge in [-0.05, 0) is 29.3 Å². The maximum Gasteiger partial charge on any atom is 0.140 e. The van der Waals surface area contributed by atoms with E-state index in [2.05, 4.69) is 49.7 Å². The molecule has 0 aliphatic rings. The molecule has 0 amide bonds. The standard InChI is InChI=1S/C15H13N5/c1-16-14-7-12(11-4-5-17-15(11)19-14)9-2-3-10-8-18-20-13(10)6-9/h2-8H,1H3,(H,18,20)(H2,16,17,19). The molecule has 3 heterocycles. The van der Waals surface area contributed by atoms with Crippen molar-refractivity contribution in [3.63, 3.8) is 0 Å². The van der Waals surface area contributed by atoms with E-state index in [1.807, 2.05) is 25.5 Å². The molecule has 0 saturated carbocycles. The molecule has 0 radical (unpaired) electrons. The number of pyridine rings is 1. The van der Waals surface area contributed by atoms with Crippen molar-refractivity contribution >= 4 is 27.8 Å². The number of H-pyrrole nitrogens is 2. The van der Waals surface area contributed by atoms with E-state index in [1.54, 1.807) is 0 Å². The molecule has 0 aliphatic heterocycles. The van der Waals surface area contributed by atoms with Gasteiger partial charge in [-0.1, -0.05) is 12.1 Å². The fraction of sp³-hybridized carbons (Fsp3) is 0.0667. The normalized spacial score (nSPS) is 11.2. The molecule has 0 spiro atoms. The van der Waals surface area contributed by atoms with Gasteiger partial charge in [0.05, 0.1) is 11.7 Å². The van der Waals surface area contributed by atoms with Crippen LogP contribution < -0.4 is 5.32 Å².